The molecule has 0 saturated carbocycles. The fourth-order valence-corrected chi connectivity index (χ4v) is 2.87. The number of rotatable bonds is 3. The van der Waals surface area contributed by atoms with E-state index in [1.807, 2.05) is 6.07 Å². The van der Waals surface area contributed by atoms with Crippen LogP contribution in [0, 0.1) is 0 Å². The Morgan fingerprint density at radius 3 is 2.78 bits per heavy atom. The van der Waals surface area contributed by atoms with Gasteiger partial charge in [-0.25, -0.2) is 13.4 Å². The van der Waals surface area contributed by atoms with Gasteiger partial charge in [0.05, 0.1) is 11.8 Å². The first-order valence-corrected chi connectivity index (χ1v) is 8.82. The van der Waals surface area contributed by atoms with E-state index >= 15 is 0 Å². The quantitative estimate of drug-likeness (QED) is 0.783. The number of hydrogen-bond acceptors (Lipinski definition) is 6. The monoisotopic (exact) mass is 353 g/mol. The molecule has 0 bridgehead atoms. The molecule has 1 aliphatic rings. The Kier molecular flexibility index (Phi) is 3.73. The SMILES string of the molecule is CN1Cc2cccc(Oc3nc(S(C)(=O)=O)ncc3Cl)c2C1=O. The van der Waals surface area contributed by atoms with Gasteiger partial charge in [-0.2, -0.15) is 4.98 Å². The first-order valence-electron chi connectivity index (χ1n) is 6.55. The van der Waals surface area contributed by atoms with Gasteiger partial charge in [0, 0.05) is 19.8 Å². The van der Waals surface area contributed by atoms with Gasteiger partial charge in [0.1, 0.15) is 10.8 Å². The van der Waals surface area contributed by atoms with E-state index in [-0.39, 0.29) is 22.6 Å². The highest BCUT2D eigenvalue weighted by molar-refractivity contribution is 7.90. The average Bonchev–Trinajstić information content (AvgIpc) is 2.76. The van der Waals surface area contributed by atoms with Crippen LogP contribution in [0.3, 0.4) is 0 Å². The van der Waals surface area contributed by atoms with Crippen molar-refractivity contribution in [3.8, 4) is 11.6 Å². The molecule has 3 rings (SSSR count). The maximum Gasteiger partial charge on any atom is 0.258 e. The van der Waals surface area contributed by atoms with Crippen molar-refractivity contribution in [1.29, 1.82) is 0 Å². The van der Waals surface area contributed by atoms with E-state index < -0.39 is 15.0 Å². The van der Waals surface area contributed by atoms with Gasteiger partial charge < -0.3 is 9.64 Å². The molecule has 9 heteroatoms. The van der Waals surface area contributed by atoms with Crippen LogP contribution in [0.15, 0.2) is 29.6 Å². The normalized spacial score (nSPS) is 14.0. The topological polar surface area (TPSA) is 89.5 Å². The number of halogens is 1. The molecular weight excluding hydrogens is 342 g/mol. The third-order valence-electron chi connectivity index (χ3n) is 3.31. The van der Waals surface area contributed by atoms with Crippen LogP contribution >= 0.6 is 11.6 Å². The fraction of sp³-hybridized carbons (Fsp3) is 0.214. The van der Waals surface area contributed by atoms with E-state index in [1.165, 1.54) is 0 Å². The lowest BCUT2D eigenvalue weighted by atomic mass is 10.1. The highest BCUT2D eigenvalue weighted by atomic mass is 35.5. The molecule has 2 heterocycles. The average molecular weight is 354 g/mol. The summed E-state index contributed by atoms with van der Waals surface area (Å²) < 4.78 is 28.7. The molecule has 0 aliphatic carbocycles. The lowest BCUT2D eigenvalue weighted by Crippen LogP contribution is -2.17. The summed E-state index contributed by atoms with van der Waals surface area (Å²) in [6.07, 6.45) is 2.14. The Morgan fingerprint density at radius 1 is 1.35 bits per heavy atom. The van der Waals surface area contributed by atoms with Crippen LogP contribution in [-0.4, -0.2) is 42.5 Å². The first kappa shape index (κ1) is 15.7. The van der Waals surface area contributed by atoms with Gasteiger partial charge in [0.25, 0.3) is 5.91 Å². The lowest BCUT2D eigenvalue weighted by Gasteiger charge is -2.10. The summed E-state index contributed by atoms with van der Waals surface area (Å²) in [5.74, 6) is -0.0149. The number of fused-ring (bicyclic) bond motifs is 1. The van der Waals surface area contributed by atoms with Crippen molar-refractivity contribution in [3.63, 3.8) is 0 Å². The molecular formula is C14H12ClN3O4S. The molecule has 120 valence electrons. The van der Waals surface area contributed by atoms with Crippen molar-refractivity contribution in [2.45, 2.75) is 11.7 Å². The number of benzene rings is 1. The number of nitrogens with zero attached hydrogens (tertiary/aromatic N) is 3. The van der Waals surface area contributed by atoms with Crippen molar-refractivity contribution >= 4 is 27.3 Å². The number of sulfone groups is 1. The van der Waals surface area contributed by atoms with Crippen molar-refractivity contribution in [2.24, 2.45) is 0 Å². The van der Waals surface area contributed by atoms with E-state index in [2.05, 4.69) is 9.97 Å². The predicted octanol–water partition coefficient (Wildman–Crippen LogP) is 1.91. The van der Waals surface area contributed by atoms with Gasteiger partial charge in [0.15, 0.2) is 0 Å². The van der Waals surface area contributed by atoms with E-state index in [9.17, 15) is 13.2 Å². The molecule has 23 heavy (non-hydrogen) atoms. The van der Waals surface area contributed by atoms with Crippen LogP contribution < -0.4 is 4.74 Å². The maximum atomic E-state index is 12.2. The zero-order valence-electron chi connectivity index (χ0n) is 12.3. The smallest absolute Gasteiger partial charge is 0.258 e. The lowest BCUT2D eigenvalue weighted by molar-refractivity contribution is 0.0814. The Balaban J connectivity index is 2.05. The summed E-state index contributed by atoms with van der Waals surface area (Å²) in [6, 6.07) is 5.18. The summed E-state index contributed by atoms with van der Waals surface area (Å²) in [7, 11) is -1.92. The zero-order valence-corrected chi connectivity index (χ0v) is 13.8. The molecule has 1 aromatic heterocycles. The van der Waals surface area contributed by atoms with Crippen molar-refractivity contribution < 1.29 is 17.9 Å². The minimum absolute atomic E-state index is 0.0498. The minimum Gasteiger partial charge on any atom is -0.437 e. The zero-order chi connectivity index (χ0) is 16.8. The molecule has 7 nitrogen and oxygen atoms in total. The Bertz CT molecular complexity index is 914. The van der Waals surface area contributed by atoms with Crippen LogP contribution in [0.1, 0.15) is 15.9 Å². The molecule has 0 radical (unpaired) electrons. The summed E-state index contributed by atoms with van der Waals surface area (Å²) >= 11 is 5.97. The molecule has 0 unspecified atom stereocenters. The highest BCUT2D eigenvalue weighted by Crippen LogP contribution is 2.34. The van der Waals surface area contributed by atoms with Gasteiger partial charge in [0.2, 0.25) is 20.9 Å². The Hall–Kier alpha value is -2.19. The van der Waals surface area contributed by atoms with Crippen LogP contribution in [-0.2, 0) is 16.4 Å². The van der Waals surface area contributed by atoms with Gasteiger partial charge >= 0.3 is 0 Å². The number of amides is 1. The molecule has 0 N–H and O–H groups in total. The predicted molar refractivity (Wildman–Crippen MR) is 82.5 cm³/mol. The van der Waals surface area contributed by atoms with E-state index in [1.54, 1.807) is 24.1 Å². The standard InChI is InChI=1S/C14H12ClN3O4S/c1-18-7-8-4-3-5-10(11(8)13(18)19)22-12-9(15)6-16-14(17-12)23(2,20)21/h3-6H,7H2,1-2H3. The van der Waals surface area contributed by atoms with E-state index in [0.29, 0.717) is 12.1 Å². The highest BCUT2D eigenvalue weighted by Gasteiger charge is 2.29. The van der Waals surface area contributed by atoms with Gasteiger partial charge in [-0.3, -0.25) is 4.79 Å². The second-order valence-corrected chi connectivity index (χ2v) is 7.45. The number of carbonyl (C=O) groups is 1. The summed E-state index contributed by atoms with van der Waals surface area (Å²) in [5, 5.41) is -0.346. The minimum atomic E-state index is -3.60. The molecule has 1 aliphatic heterocycles. The van der Waals surface area contributed by atoms with Crippen LogP contribution in [0.25, 0.3) is 0 Å². The second-order valence-electron chi connectivity index (χ2n) is 5.13. The number of ether oxygens (including phenoxy) is 1. The number of carbonyl (C=O) groups excluding carboxylic acids is 1. The van der Waals surface area contributed by atoms with E-state index in [0.717, 1.165) is 18.0 Å². The molecule has 1 amide bonds. The largest absolute Gasteiger partial charge is 0.437 e. The van der Waals surface area contributed by atoms with Gasteiger partial charge in [-0.15, -0.1) is 0 Å². The first-order chi connectivity index (χ1) is 10.8. The van der Waals surface area contributed by atoms with Gasteiger partial charge in [-0.1, -0.05) is 23.7 Å². The number of hydrogen-bond donors (Lipinski definition) is 0. The molecule has 0 fully saturated rings. The van der Waals surface area contributed by atoms with Crippen LogP contribution in [0.4, 0.5) is 0 Å². The van der Waals surface area contributed by atoms with Crippen molar-refractivity contribution in [3.05, 3.63) is 40.5 Å². The van der Waals surface area contributed by atoms with Crippen LogP contribution in [0.2, 0.25) is 5.02 Å². The van der Waals surface area contributed by atoms with E-state index in [4.69, 9.17) is 16.3 Å². The maximum absolute atomic E-state index is 12.2. The Labute approximate surface area is 137 Å². The third-order valence-corrected chi connectivity index (χ3v) is 4.43. The molecule has 1 aromatic carbocycles. The molecule has 0 saturated heterocycles. The molecule has 2 aromatic rings. The van der Waals surface area contributed by atoms with Crippen LogP contribution in [0.5, 0.6) is 11.6 Å². The molecule has 0 atom stereocenters. The number of aromatic nitrogens is 2. The summed E-state index contributed by atoms with van der Waals surface area (Å²) in [5.41, 5.74) is 1.24. The van der Waals surface area contributed by atoms with Crippen molar-refractivity contribution in [1.82, 2.24) is 14.9 Å². The Morgan fingerprint density at radius 2 is 2.09 bits per heavy atom. The molecule has 0 spiro atoms. The third kappa shape index (κ3) is 2.87. The summed E-state index contributed by atoms with van der Waals surface area (Å²) in [6.45, 7) is 0.484. The second kappa shape index (κ2) is 5.47. The van der Waals surface area contributed by atoms with Gasteiger partial charge in [-0.05, 0) is 11.6 Å². The summed E-state index contributed by atoms with van der Waals surface area (Å²) in [4.78, 5) is 21.3. The van der Waals surface area contributed by atoms with Crippen molar-refractivity contribution in [2.75, 3.05) is 13.3 Å². The fourth-order valence-electron chi connectivity index (χ4n) is 2.24.